The molecule has 7 heteroatoms. The lowest BCUT2D eigenvalue weighted by molar-refractivity contribution is 0.0977. The average molecular weight is 416 g/mol. The van der Waals surface area contributed by atoms with Crippen LogP contribution >= 0.6 is 11.6 Å². The lowest BCUT2D eigenvalue weighted by Gasteiger charge is -2.23. The quantitative estimate of drug-likeness (QED) is 0.459. The van der Waals surface area contributed by atoms with Crippen molar-refractivity contribution < 1.29 is 14.0 Å². The number of rotatable bonds is 11. The molecule has 2 heterocycles. The molecule has 154 valence electrons. The van der Waals surface area contributed by atoms with Crippen molar-refractivity contribution in [2.75, 3.05) is 13.1 Å². The minimum Gasteiger partial charge on any atom is -0.468 e. The zero-order chi connectivity index (χ0) is 20.6. The van der Waals surface area contributed by atoms with Gasteiger partial charge in [0, 0.05) is 30.1 Å². The minimum absolute atomic E-state index is 0.434. The molecule has 2 aromatic heterocycles. The molecular weight excluding hydrogens is 390 g/mol. The summed E-state index contributed by atoms with van der Waals surface area (Å²) in [4.78, 5) is 6.61. The molecule has 0 fully saturated rings. The van der Waals surface area contributed by atoms with Gasteiger partial charge >= 0.3 is 0 Å². The Bertz CT molecular complexity index is 908. The molecule has 3 rings (SSSR count). The molecule has 1 N–H and O–H groups in total. The number of aryl methyl sites for hydroxylation is 1. The Balaban J connectivity index is 1.62. The summed E-state index contributed by atoms with van der Waals surface area (Å²) in [7, 11) is 0. The van der Waals surface area contributed by atoms with E-state index in [9.17, 15) is 5.11 Å². The Morgan fingerprint density at radius 2 is 2.21 bits per heavy atom. The van der Waals surface area contributed by atoms with Crippen LogP contribution in [-0.2, 0) is 13.0 Å². The highest BCUT2D eigenvalue weighted by molar-refractivity contribution is 6.31. The Hall–Kier alpha value is -2.41. The van der Waals surface area contributed by atoms with E-state index in [2.05, 4.69) is 21.6 Å². The van der Waals surface area contributed by atoms with E-state index in [4.69, 9.17) is 20.5 Å². The number of hydrogen-bond donors (Lipinski definition) is 1. The van der Waals surface area contributed by atoms with Gasteiger partial charge < -0.3 is 14.0 Å². The molecule has 0 saturated heterocycles. The average Bonchev–Trinajstić information content (AvgIpc) is 3.38. The second-order valence-electron chi connectivity index (χ2n) is 7.06. The van der Waals surface area contributed by atoms with Gasteiger partial charge in [0.1, 0.15) is 5.76 Å². The van der Waals surface area contributed by atoms with Crippen molar-refractivity contribution >= 4 is 11.6 Å². The second-order valence-corrected chi connectivity index (χ2v) is 7.47. The van der Waals surface area contributed by atoms with Crippen LogP contribution < -0.4 is 0 Å². The summed E-state index contributed by atoms with van der Waals surface area (Å²) in [5, 5.41) is 15.0. The molecule has 0 aliphatic rings. The molecule has 0 spiro atoms. The molecule has 29 heavy (non-hydrogen) atoms. The van der Waals surface area contributed by atoms with Crippen molar-refractivity contribution in [2.45, 2.75) is 38.8 Å². The van der Waals surface area contributed by atoms with Gasteiger partial charge in [-0.25, -0.2) is 0 Å². The number of aliphatic hydroxyl groups is 1. The number of aromatic nitrogens is 2. The van der Waals surface area contributed by atoms with Gasteiger partial charge in [-0.2, -0.15) is 4.98 Å². The summed E-state index contributed by atoms with van der Waals surface area (Å²) >= 11 is 6.19. The zero-order valence-electron chi connectivity index (χ0n) is 16.6. The van der Waals surface area contributed by atoms with Crippen molar-refractivity contribution in [2.24, 2.45) is 0 Å². The van der Waals surface area contributed by atoms with Gasteiger partial charge in [-0.3, -0.25) is 4.90 Å². The highest BCUT2D eigenvalue weighted by atomic mass is 35.5. The van der Waals surface area contributed by atoms with Crippen molar-refractivity contribution in [3.63, 3.8) is 0 Å². The predicted octanol–water partition coefficient (Wildman–Crippen LogP) is 4.66. The summed E-state index contributed by atoms with van der Waals surface area (Å²) in [5.41, 5.74) is 1.82. The number of nitrogens with zero attached hydrogens (tertiary/aromatic N) is 3. The Labute approximate surface area is 175 Å². The van der Waals surface area contributed by atoms with Crippen LogP contribution in [0.1, 0.15) is 30.1 Å². The van der Waals surface area contributed by atoms with Crippen LogP contribution in [0.3, 0.4) is 0 Å². The van der Waals surface area contributed by atoms with Crippen LogP contribution in [0.5, 0.6) is 0 Å². The first-order chi connectivity index (χ1) is 14.0. The normalized spacial score (nSPS) is 12.4. The van der Waals surface area contributed by atoms with Crippen molar-refractivity contribution in [3.05, 3.63) is 71.5 Å². The van der Waals surface area contributed by atoms with Gasteiger partial charge in [0.05, 0.1) is 18.9 Å². The molecule has 0 amide bonds. The van der Waals surface area contributed by atoms with Crippen molar-refractivity contribution in [1.82, 2.24) is 15.0 Å². The molecule has 1 atom stereocenters. The van der Waals surface area contributed by atoms with Crippen LogP contribution in [-0.4, -0.2) is 39.3 Å². The van der Waals surface area contributed by atoms with E-state index >= 15 is 0 Å². The number of allylic oxidation sites excluding steroid dienone is 1. The van der Waals surface area contributed by atoms with Gasteiger partial charge in [-0.05, 0) is 43.5 Å². The van der Waals surface area contributed by atoms with Gasteiger partial charge in [0.2, 0.25) is 11.7 Å². The largest absolute Gasteiger partial charge is 0.468 e. The van der Waals surface area contributed by atoms with Crippen LogP contribution in [0.15, 0.2) is 58.2 Å². The monoisotopic (exact) mass is 415 g/mol. The lowest BCUT2D eigenvalue weighted by Crippen LogP contribution is -2.33. The van der Waals surface area contributed by atoms with Crippen molar-refractivity contribution in [3.8, 4) is 11.4 Å². The smallest absolute Gasteiger partial charge is 0.228 e. The maximum Gasteiger partial charge on any atom is 0.228 e. The van der Waals surface area contributed by atoms with Gasteiger partial charge in [-0.1, -0.05) is 35.0 Å². The molecule has 0 aliphatic carbocycles. The number of aliphatic hydroxyl groups excluding tert-OH is 1. The Morgan fingerprint density at radius 3 is 2.93 bits per heavy atom. The highest BCUT2D eigenvalue weighted by Crippen LogP contribution is 2.23. The summed E-state index contributed by atoms with van der Waals surface area (Å²) in [6.45, 7) is 7.45. The summed E-state index contributed by atoms with van der Waals surface area (Å²) in [6, 6.07) is 9.48. The molecule has 0 saturated carbocycles. The van der Waals surface area contributed by atoms with Crippen LogP contribution in [0.2, 0.25) is 5.02 Å². The molecule has 0 radical (unpaired) electrons. The molecule has 3 aromatic rings. The molecular formula is C22H26ClN3O3. The standard InChI is InChI=1S/C22H26ClN3O3/c1-3-4-6-18(27)14-26(15-19-7-5-12-28-19)11-10-21-24-22(25-29-21)17-9-8-16(2)20(23)13-17/h3,5,7-9,12-13,18,27H,1,4,6,10-11,14-15H2,2H3/t18-/m1/s1. The number of hydrogen-bond acceptors (Lipinski definition) is 6. The molecule has 6 nitrogen and oxygen atoms in total. The third-order valence-corrected chi connectivity index (χ3v) is 5.08. The van der Waals surface area contributed by atoms with Crippen LogP contribution in [0.4, 0.5) is 0 Å². The van der Waals surface area contributed by atoms with Gasteiger partial charge in [-0.15, -0.1) is 6.58 Å². The molecule has 1 aromatic carbocycles. The zero-order valence-corrected chi connectivity index (χ0v) is 17.3. The molecule has 0 aliphatic heterocycles. The first-order valence-corrected chi connectivity index (χ1v) is 10.1. The number of benzene rings is 1. The van der Waals surface area contributed by atoms with E-state index in [1.165, 1.54) is 0 Å². The van der Waals surface area contributed by atoms with Gasteiger partial charge in [0.15, 0.2) is 0 Å². The highest BCUT2D eigenvalue weighted by Gasteiger charge is 2.16. The minimum atomic E-state index is -0.434. The topological polar surface area (TPSA) is 75.5 Å². The van der Waals surface area contributed by atoms with E-state index < -0.39 is 6.10 Å². The first kappa shape index (κ1) is 21.3. The number of halogens is 1. The predicted molar refractivity (Wildman–Crippen MR) is 113 cm³/mol. The molecule has 0 bridgehead atoms. The Morgan fingerprint density at radius 1 is 1.34 bits per heavy atom. The van der Waals surface area contributed by atoms with E-state index in [0.717, 1.165) is 23.3 Å². The summed E-state index contributed by atoms with van der Waals surface area (Å²) in [6.07, 6.45) is 5.06. The Kier molecular flexibility index (Phi) is 7.63. The summed E-state index contributed by atoms with van der Waals surface area (Å²) < 4.78 is 10.9. The maximum absolute atomic E-state index is 10.3. The van der Waals surface area contributed by atoms with E-state index in [0.29, 0.717) is 49.2 Å². The van der Waals surface area contributed by atoms with E-state index in [1.807, 2.05) is 43.3 Å². The number of furan rings is 1. The fraction of sp³-hybridized carbons (Fsp3) is 0.364. The van der Waals surface area contributed by atoms with Gasteiger partial charge in [0.25, 0.3) is 0 Å². The fourth-order valence-corrected chi connectivity index (χ4v) is 3.20. The van der Waals surface area contributed by atoms with E-state index in [1.54, 1.807) is 6.26 Å². The maximum atomic E-state index is 10.3. The summed E-state index contributed by atoms with van der Waals surface area (Å²) in [5.74, 6) is 1.91. The fourth-order valence-electron chi connectivity index (χ4n) is 3.02. The van der Waals surface area contributed by atoms with Crippen LogP contribution in [0, 0.1) is 6.92 Å². The third kappa shape index (κ3) is 6.29. The first-order valence-electron chi connectivity index (χ1n) is 9.68. The lowest BCUT2D eigenvalue weighted by atomic mass is 10.1. The second kappa shape index (κ2) is 10.4. The third-order valence-electron chi connectivity index (χ3n) is 4.67. The van der Waals surface area contributed by atoms with Crippen molar-refractivity contribution in [1.29, 1.82) is 0 Å². The van der Waals surface area contributed by atoms with Crippen LogP contribution in [0.25, 0.3) is 11.4 Å². The SMILES string of the molecule is C=CCC[C@@H](O)CN(CCc1nc(-c2ccc(C)c(Cl)c2)no1)Cc1ccco1. The molecule has 0 unspecified atom stereocenters. The van der Waals surface area contributed by atoms with E-state index in [-0.39, 0.29) is 0 Å².